The maximum absolute atomic E-state index is 13.3. The molecule has 0 radical (unpaired) electrons. The Balaban J connectivity index is 2.09. The lowest BCUT2D eigenvalue weighted by atomic mass is 10.2. The van der Waals surface area contributed by atoms with Gasteiger partial charge in [0.15, 0.2) is 5.69 Å². The molecule has 11 heteroatoms. The van der Waals surface area contributed by atoms with Crippen LogP contribution < -0.4 is 21.9 Å². The second-order valence-corrected chi connectivity index (χ2v) is 6.89. The number of carbonyl (C=O) groups excluding carboxylic acids is 2. The van der Waals surface area contributed by atoms with E-state index in [1.165, 1.54) is 36.3 Å². The molecule has 0 unspecified atom stereocenters. The van der Waals surface area contributed by atoms with Crippen molar-refractivity contribution < 1.29 is 18.7 Å². The summed E-state index contributed by atoms with van der Waals surface area (Å²) in [7, 11) is 1.23. The van der Waals surface area contributed by atoms with E-state index in [0.717, 1.165) is 11.3 Å². The first kappa shape index (κ1) is 22.5. The van der Waals surface area contributed by atoms with E-state index in [1.807, 2.05) is 6.92 Å². The normalized spacial score (nSPS) is 10.7. The Morgan fingerprint density at radius 1 is 1.28 bits per heavy atom. The number of aromatic nitrogens is 3. The van der Waals surface area contributed by atoms with Crippen LogP contribution in [-0.4, -0.2) is 33.5 Å². The van der Waals surface area contributed by atoms with Gasteiger partial charge in [-0.15, -0.1) is 0 Å². The van der Waals surface area contributed by atoms with Crippen LogP contribution in [0, 0.1) is 0 Å². The molecule has 0 spiro atoms. The van der Waals surface area contributed by atoms with Crippen molar-refractivity contribution in [1.82, 2.24) is 14.5 Å². The molecular formula is C21H23N5O6. The van der Waals surface area contributed by atoms with Gasteiger partial charge in [-0.05, 0) is 30.7 Å². The van der Waals surface area contributed by atoms with Gasteiger partial charge in [-0.1, -0.05) is 13.3 Å². The first-order valence-corrected chi connectivity index (χ1v) is 9.88. The van der Waals surface area contributed by atoms with Crippen LogP contribution in [0.2, 0.25) is 0 Å². The summed E-state index contributed by atoms with van der Waals surface area (Å²) in [6.07, 6.45) is 4.07. The number of hydrogen-bond acceptors (Lipinski definition) is 8. The maximum Gasteiger partial charge on any atom is 0.339 e. The summed E-state index contributed by atoms with van der Waals surface area (Å²) < 4.78 is 11.2. The van der Waals surface area contributed by atoms with Crippen molar-refractivity contribution in [2.45, 2.75) is 32.9 Å². The minimum atomic E-state index is -0.814. The van der Waals surface area contributed by atoms with Crippen LogP contribution in [-0.2, 0) is 17.8 Å². The molecular weight excluding hydrogens is 418 g/mol. The van der Waals surface area contributed by atoms with Crippen LogP contribution in [0.3, 0.4) is 0 Å². The molecule has 3 aromatic heterocycles. The molecule has 0 aliphatic rings. The van der Waals surface area contributed by atoms with Crippen LogP contribution in [0.25, 0.3) is 0 Å². The lowest BCUT2D eigenvalue weighted by molar-refractivity contribution is 0.0599. The number of hydrogen-bond donors (Lipinski definition) is 2. The highest BCUT2D eigenvalue weighted by Crippen LogP contribution is 2.22. The number of pyridine rings is 1. The highest BCUT2D eigenvalue weighted by molar-refractivity contribution is 6.06. The fourth-order valence-electron chi connectivity index (χ4n) is 3.08. The van der Waals surface area contributed by atoms with Crippen molar-refractivity contribution in [3.05, 3.63) is 74.6 Å². The molecule has 3 aromatic rings. The molecule has 11 nitrogen and oxygen atoms in total. The van der Waals surface area contributed by atoms with Crippen LogP contribution >= 0.6 is 0 Å². The van der Waals surface area contributed by atoms with Gasteiger partial charge in [0.25, 0.3) is 11.5 Å². The minimum absolute atomic E-state index is 0.0469. The van der Waals surface area contributed by atoms with Gasteiger partial charge in [0.05, 0.1) is 25.5 Å². The zero-order valence-corrected chi connectivity index (χ0v) is 17.7. The van der Waals surface area contributed by atoms with Crippen molar-refractivity contribution in [1.29, 1.82) is 0 Å². The predicted molar refractivity (Wildman–Crippen MR) is 115 cm³/mol. The molecule has 3 N–H and O–H groups in total. The highest BCUT2D eigenvalue weighted by Gasteiger charge is 2.27. The molecule has 3 heterocycles. The molecule has 32 heavy (non-hydrogen) atoms. The zero-order valence-electron chi connectivity index (χ0n) is 17.7. The number of furan rings is 1. The number of esters is 1. The summed E-state index contributed by atoms with van der Waals surface area (Å²) in [5.74, 6) is -1.03. The number of anilines is 2. The third-order valence-corrected chi connectivity index (χ3v) is 4.76. The monoisotopic (exact) mass is 441 g/mol. The Labute approximate surface area is 182 Å². The third-order valence-electron chi connectivity index (χ3n) is 4.76. The van der Waals surface area contributed by atoms with Crippen LogP contribution in [0.4, 0.5) is 11.5 Å². The molecule has 0 atom stereocenters. The van der Waals surface area contributed by atoms with Gasteiger partial charge in [-0.2, -0.15) is 0 Å². The molecule has 0 bridgehead atoms. The molecule has 0 aromatic carbocycles. The zero-order chi connectivity index (χ0) is 23.3. The van der Waals surface area contributed by atoms with Crippen molar-refractivity contribution in [3.8, 4) is 0 Å². The average molecular weight is 441 g/mol. The van der Waals surface area contributed by atoms with Crippen LogP contribution in [0.15, 0.2) is 50.7 Å². The number of ether oxygens (including phenoxy) is 1. The number of unbranched alkanes of at least 4 members (excludes halogenated alkanes) is 1. The number of nitrogen functional groups attached to an aromatic ring is 1. The van der Waals surface area contributed by atoms with E-state index in [2.05, 4.69) is 14.7 Å². The van der Waals surface area contributed by atoms with Crippen molar-refractivity contribution in [2.24, 2.45) is 0 Å². The SMILES string of the molecule is CCCCn1c(N)c(N(Cc2ccco2)C(=O)c2ccc(C(=O)OC)cn2)c(=O)[nH]c1=O. The van der Waals surface area contributed by atoms with Gasteiger partial charge < -0.3 is 14.9 Å². The van der Waals surface area contributed by atoms with Crippen molar-refractivity contribution in [3.63, 3.8) is 0 Å². The molecule has 168 valence electrons. The summed E-state index contributed by atoms with van der Waals surface area (Å²) in [4.78, 5) is 57.3. The number of carbonyl (C=O) groups is 2. The van der Waals surface area contributed by atoms with E-state index >= 15 is 0 Å². The number of nitrogens with two attached hydrogens (primary N) is 1. The van der Waals surface area contributed by atoms with E-state index in [-0.39, 0.29) is 35.9 Å². The Kier molecular flexibility index (Phi) is 6.88. The molecule has 0 aliphatic carbocycles. The Morgan fingerprint density at radius 3 is 2.66 bits per heavy atom. The number of nitrogens with one attached hydrogen (secondary N) is 1. The quantitative estimate of drug-likeness (QED) is 0.499. The molecule has 0 saturated heterocycles. The number of H-pyrrole nitrogens is 1. The second-order valence-electron chi connectivity index (χ2n) is 6.89. The summed E-state index contributed by atoms with van der Waals surface area (Å²) in [5.41, 5.74) is 4.64. The van der Waals surface area contributed by atoms with Gasteiger partial charge in [0.2, 0.25) is 0 Å². The number of aromatic amines is 1. The second kappa shape index (κ2) is 9.77. The summed E-state index contributed by atoms with van der Waals surface area (Å²) in [6, 6.07) is 5.98. The number of nitrogens with zero attached hydrogens (tertiary/aromatic N) is 3. The minimum Gasteiger partial charge on any atom is -0.467 e. The molecule has 0 fully saturated rings. The first-order chi connectivity index (χ1) is 15.4. The third kappa shape index (κ3) is 4.61. The standard InChI is InChI=1S/C21H23N5O6/c1-3-4-9-25-17(22)16(18(27)24-21(25)30)26(12-14-6-5-10-32-14)19(28)15-8-7-13(11-23-15)20(29)31-2/h5-8,10-11H,3-4,9,12,22H2,1-2H3,(H,24,27,30). The summed E-state index contributed by atoms with van der Waals surface area (Å²) in [6.45, 7) is 2.09. The first-order valence-electron chi connectivity index (χ1n) is 9.88. The van der Waals surface area contributed by atoms with Gasteiger partial charge in [-0.25, -0.2) is 9.59 Å². The fraction of sp³-hybridized carbons (Fsp3) is 0.286. The molecule has 1 amide bonds. The number of methoxy groups -OCH3 is 1. The van der Waals surface area contributed by atoms with Gasteiger partial charge in [-0.3, -0.25) is 29.0 Å². The van der Waals surface area contributed by atoms with E-state index < -0.39 is 23.1 Å². The molecule has 0 saturated carbocycles. The summed E-state index contributed by atoms with van der Waals surface area (Å²) in [5, 5.41) is 0. The van der Waals surface area contributed by atoms with Crippen molar-refractivity contribution in [2.75, 3.05) is 17.7 Å². The van der Waals surface area contributed by atoms with Gasteiger partial charge in [0, 0.05) is 12.7 Å². The lowest BCUT2D eigenvalue weighted by Crippen LogP contribution is -2.41. The topological polar surface area (TPSA) is 154 Å². The molecule has 3 rings (SSSR count). The predicted octanol–water partition coefficient (Wildman–Crippen LogP) is 1.54. The largest absolute Gasteiger partial charge is 0.467 e. The number of rotatable bonds is 8. The van der Waals surface area contributed by atoms with Crippen LogP contribution in [0.1, 0.15) is 46.4 Å². The lowest BCUT2D eigenvalue weighted by Gasteiger charge is -2.23. The fourth-order valence-corrected chi connectivity index (χ4v) is 3.08. The van der Waals surface area contributed by atoms with Crippen LogP contribution in [0.5, 0.6) is 0 Å². The highest BCUT2D eigenvalue weighted by atomic mass is 16.5. The van der Waals surface area contributed by atoms with E-state index in [1.54, 1.807) is 12.1 Å². The van der Waals surface area contributed by atoms with E-state index in [4.69, 9.17) is 10.2 Å². The maximum atomic E-state index is 13.3. The smallest absolute Gasteiger partial charge is 0.339 e. The Bertz CT molecular complexity index is 1210. The van der Waals surface area contributed by atoms with Gasteiger partial charge in [0.1, 0.15) is 17.3 Å². The Hall–Kier alpha value is -4.15. The Morgan fingerprint density at radius 2 is 2.06 bits per heavy atom. The molecule has 0 aliphatic heterocycles. The number of amides is 1. The average Bonchev–Trinajstić information content (AvgIpc) is 3.30. The van der Waals surface area contributed by atoms with Gasteiger partial charge >= 0.3 is 11.7 Å². The van der Waals surface area contributed by atoms with Crippen molar-refractivity contribution >= 4 is 23.4 Å². The van der Waals surface area contributed by atoms with E-state index in [0.29, 0.717) is 12.2 Å². The summed E-state index contributed by atoms with van der Waals surface area (Å²) >= 11 is 0. The van der Waals surface area contributed by atoms with E-state index in [9.17, 15) is 19.2 Å².